The molecule has 0 bridgehead atoms. The molecule has 0 saturated carbocycles. The van der Waals surface area contributed by atoms with Gasteiger partial charge in [0.25, 0.3) is 0 Å². The fraction of sp³-hybridized carbons (Fsp3) is 0.571. The van der Waals surface area contributed by atoms with Crippen LogP contribution in [-0.4, -0.2) is 43.6 Å². The third kappa shape index (κ3) is 4.31. The van der Waals surface area contributed by atoms with Crippen LogP contribution in [-0.2, 0) is 14.6 Å². The minimum absolute atomic E-state index is 0.00196. The summed E-state index contributed by atoms with van der Waals surface area (Å²) in [4.78, 5) is 12.0. The van der Waals surface area contributed by atoms with Gasteiger partial charge < -0.3 is 20.5 Å². The Hall–Kier alpha value is -1.77. The van der Waals surface area contributed by atoms with Crippen LogP contribution in [0.15, 0.2) is 28.7 Å². The topological polar surface area (TPSA) is 105 Å². The predicted molar refractivity (Wildman–Crippen MR) is 117 cm³/mol. The van der Waals surface area contributed by atoms with Gasteiger partial charge in [0, 0.05) is 13.2 Å². The number of ether oxygens (including phenoxy) is 1. The fourth-order valence-electron chi connectivity index (χ4n) is 4.13. The Morgan fingerprint density at radius 2 is 1.90 bits per heavy atom. The molecule has 1 aliphatic heterocycles. The van der Waals surface area contributed by atoms with E-state index in [0.717, 1.165) is 18.4 Å². The zero-order valence-corrected chi connectivity index (χ0v) is 19.1. The largest absolute Gasteiger partial charge is 0.504 e. The van der Waals surface area contributed by atoms with Crippen molar-refractivity contribution in [1.29, 1.82) is 0 Å². The van der Waals surface area contributed by atoms with Gasteiger partial charge in [0.15, 0.2) is 15.6 Å². The van der Waals surface area contributed by atoms with Gasteiger partial charge in [-0.3, -0.25) is 0 Å². The van der Waals surface area contributed by atoms with Gasteiger partial charge in [-0.05, 0) is 64.5 Å². The molecule has 0 spiro atoms. The van der Waals surface area contributed by atoms with Crippen LogP contribution in [0.5, 0.6) is 5.75 Å². The van der Waals surface area contributed by atoms with Gasteiger partial charge in [-0.2, -0.15) is 0 Å². The number of carbonyl (C=O) groups is 1. The number of aromatic hydroxyl groups is 1. The van der Waals surface area contributed by atoms with Gasteiger partial charge >= 0.3 is 6.03 Å². The van der Waals surface area contributed by atoms with Crippen molar-refractivity contribution < 1.29 is 23.1 Å². The second-order valence-electron chi connectivity index (χ2n) is 8.44. The number of urea groups is 1. The Bertz CT molecular complexity index is 952. The Labute approximate surface area is 182 Å². The van der Waals surface area contributed by atoms with E-state index in [1.165, 1.54) is 12.1 Å². The number of anilines is 1. The Kier molecular flexibility index (Phi) is 6.69. The minimum atomic E-state index is -4.01. The van der Waals surface area contributed by atoms with Crippen molar-refractivity contribution >= 4 is 33.2 Å². The molecule has 1 atom stereocenters. The number of rotatable bonds is 5. The predicted octanol–water partition coefficient (Wildman–Crippen LogP) is 4.25. The molecular formula is C21H29ClN2O5S. The van der Waals surface area contributed by atoms with Gasteiger partial charge in [-0.15, -0.1) is 0 Å². The summed E-state index contributed by atoms with van der Waals surface area (Å²) in [5.41, 5.74) is 1.07. The molecule has 0 unspecified atom stereocenters. The average molecular weight is 457 g/mol. The second kappa shape index (κ2) is 8.77. The molecule has 166 valence electrons. The van der Waals surface area contributed by atoms with Crippen LogP contribution in [0.2, 0.25) is 5.02 Å². The number of hydrogen-bond donors (Lipinski definition) is 3. The number of sulfone groups is 1. The summed E-state index contributed by atoms with van der Waals surface area (Å²) in [5.74, 6) is -0.680. The van der Waals surface area contributed by atoms with E-state index in [9.17, 15) is 18.3 Å². The van der Waals surface area contributed by atoms with Crippen molar-refractivity contribution in [3.05, 3.63) is 28.8 Å². The molecule has 30 heavy (non-hydrogen) atoms. The first-order chi connectivity index (χ1) is 14.1. The molecule has 7 nitrogen and oxygen atoms in total. The van der Waals surface area contributed by atoms with Gasteiger partial charge in [0.05, 0.1) is 21.5 Å². The van der Waals surface area contributed by atoms with Gasteiger partial charge in [-0.1, -0.05) is 23.3 Å². The molecule has 3 N–H and O–H groups in total. The van der Waals surface area contributed by atoms with E-state index in [1.807, 2.05) is 6.92 Å². The highest BCUT2D eigenvalue weighted by atomic mass is 35.5. The molecule has 2 amide bonds. The number of carbonyl (C=O) groups excluding carboxylic acids is 1. The highest BCUT2D eigenvalue weighted by molar-refractivity contribution is 7.93. The quantitative estimate of drug-likeness (QED) is 0.453. The van der Waals surface area contributed by atoms with Gasteiger partial charge in [0.1, 0.15) is 4.90 Å². The summed E-state index contributed by atoms with van der Waals surface area (Å²) in [5, 5.41) is 16.1. The summed E-state index contributed by atoms with van der Waals surface area (Å²) < 4.78 is 31.3. The Morgan fingerprint density at radius 3 is 2.50 bits per heavy atom. The fourth-order valence-corrected chi connectivity index (χ4v) is 6.48. The van der Waals surface area contributed by atoms with Crippen molar-refractivity contribution in [3.63, 3.8) is 0 Å². The minimum Gasteiger partial charge on any atom is -0.504 e. The van der Waals surface area contributed by atoms with E-state index in [-0.39, 0.29) is 27.6 Å². The zero-order valence-electron chi connectivity index (χ0n) is 17.5. The third-order valence-corrected chi connectivity index (χ3v) is 9.37. The number of amides is 2. The molecule has 9 heteroatoms. The molecule has 1 aromatic rings. The van der Waals surface area contributed by atoms with E-state index >= 15 is 0 Å². The molecule has 1 aromatic carbocycles. The van der Waals surface area contributed by atoms with E-state index in [0.29, 0.717) is 26.1 Å². The number of nitrogens with one attached hydrogen (secondary N) is 2. The summed E-state index contributed by atoms with van der Waals surface area (Å²) in [6, 6.07) is 2.19. The lowest BCUT2D eigenvalue weighted by molar-refractivity contribution is 0.0563. The SMILES string of the molecule is CC1=CCC[C@H]1NC(=O)Nc1ccc(Cl)c(S(=O)(=O)C(C)(C)C2CCOCC2)c1O. The summed E-state index contributed by atoms with van der Waals surface area (Å²) in [7, 11) is -4.01. The first-order valence-corrected chi connectivity index (χ1v) is 12.0. The van der Waals surface area contributed by atoms with Crippen LogP contribution >= 0.6 is 11.6 Å². The number of benzene rings is 1. The van der Waals surface area contributed by atoms with E-state index in [4.69, 9.17) is 16.3 Å². The Balaban J connectivity index is 1.88. The number of halogens is 1. The smallest absolute Gasteiger partial charge is 0.319 e. The summed E-state index contributed by atoms with van der Waals surface area (Å²) >= 11 is 6.22. The van der Waals surface area contributed by atoms with Crippen molar-refractivity contribution in [2.75, 3.05) is 18.5 Å². The lowest BCUT2D eigenvalue weighted by atomic mass is 9.88. The van der Waals surface area contributed by atoms with E-state index in [1.54, 1.807) is 13.8 Å². The molecule has 1 fully saturated rings. The maximum atomic E-state index is 13.5. The number of allylic oxidation sites excluding steroid dienone is 1. The number of phenolic OH excluding ortho intramolecular Hbond substituents is 1. The van der Waals surface area contributed by atoms with Crippen LogP contribution in [0.25, 0.3) is 0 Å². The molecule has 1 heterocycles. The van der Waals surface area contributed by atoms with Gasteiger partial charge in [0.2, 0.25) is 0 Å². The zero-order chi connectivity index (χ0) is 22.1. The van der Waals surface area contributed by atoms with Crippen molar-refractivity contribution in [2.24, 2.45) is 5.92 Å². The third-order valence-electron chi connectivity index (χ3n) is 6.27. The monoisotopic (exact) mass is 456 g/mol. The van der Waals surface area contributed by atoms with Crippen LogP contribution < -0.4 is 10.6 Å². The van der Waals surface area contributed by atoms with Crippen LogP contribution in [0.3, 0.4) is 0 Å². The van der Waals surface area contributed by atoms with Crippen molar-refractivity contribution in [1.82, 2.24) is 5.32 Å². The normalized spacial score (nSPS) is 20.7. The summed E-state index contributed by atoms with van der Waals surface area (Å²) in [6.07, 6.45) is 4.99. The molecule has 2 aliphatic rings. The molecule has 0 aromatic heterocycles. The van der Waals surface area contributed by atoms with Crippen molar-refractivity contribution in [3.8, 4) is 5.75 Å². The van der Waals surface area contributed by atoms with Crippen LogP contribution in [0, 0.1) is 5.92 Å². The van der Waals surface area contributed by atoms with Crippen LogP contribution in [0.1, 0.15) is 46.5 Å². The van der Waals surface area contributed by atoms with E-state index in [2.05, 4.69) is 16.7 Å². The van der Waals surface area contributed by atoms with Crippen LogP contribution in [0.4, 0.5) is 10.5 Å². The van der Waals surface area contributed by atoms with Gasteiger partial charge in [-0.25, -0.2) is 13.2 Å². The number of phenols is 1. The number of hydrogen-bond acceptors (Lipinski definition) is 5. The molecule has 3 rings (SSSR count). The second-order valence-corrected chi connectivity index (χ2v) is 11.3. The highest BCUT2D eigenvalue weighted by Gasteiger charge is 2.45. The van der Waals surface area contributed by atoms with Crippen molar-refractivity contribution in [2.45, 2.75) is 62.1 Å². The van der Waals surface area contributed by atoms with E-state index < -0.39 is 26.4 Å². The average Bonchev–Trinajstić information content (AvgIpc) is 3.09. The maximum Gasteiger partial charge on any atom is 0.319 e. The summed E-state index contributed by atoms with van der Waals surface area (Å²) in [6.45, 7) is 6.24. The first kappa shape index (κ1) is 22.9. The Morgan fingerprint density at radius 1 is 1.23 bits per heavy atom. The standard InChI is InChI=1S/C21H29ClN2O5S/c1-13-5-4-6-16(13)23-20(26)24-17-8-7-15(22)19(18(17)25)30(27,28)21(2,3)14-9-11-29-12-10-14/h5,7-8,14,16,25H,4,6,9-12H2,1-3H3,(H2,23,24,26)/t16-/m1/s1. The molecular weight excluding hydrogens is 428 g/mol. The lowest BCUT2D eigenvalue weighted by Crippen LogP contribution is -2.43. The molecule has 0 radical (unpaired) electrons. The maximum absolute atomic E-state index is 13.5. The molecule has 1 saturated heterocycles. The first-order valence-electron chi connectivity index (χ1n) is 10.1. The highest BCUT2D eigenvalue weighted by Crippen LogP contribution is 2.45. The lowest BCUT2D eigenvalue weighted by Gasteiger charge is -2.36. The molecule has 1 aliphatic carbocycles.